The van der Waals surface area contributed by atoms with Crippen molar-refractivity contribution in [3.05, 3.63) is 0 Å². The van der Waals surface area contributed by atoms with Crippen LogP contribution in [0.25, 0.3) is 0 Å². The molecule has 0 radical (unpaired) electrons. The Morgan fingerprint density at radius 1 is 1.29 bits per heavy atom. The third-order valence-corrected chi connectivity index (χ3v) is 4.94. The van der Waals surface area contributed by atoms with E-state index in [9.17, 15) is 4.79 Å². The van der Waals surface area contributed by atoms with E-state index in [4.69, 9.17) is 0 Å². The Balaban J connectivity index is 1.97. The van der Waals surface area contributed by atoms with Gasteiger partial charge in [0.1, 0.15) is 0 Å². The van der Waals surface area contributed by atoms with Crippen molar-refractivity contribution in [2.75, 3.05) is 18.1 Å². The van der Waals surface area contributed by atoms with Crippen molar-refractivity contribution in [2.24, 2.45) is 0 Å². The zero-order valence-electron chi connectivity index (χ0n) is 8.25. The maximum Gasteiger partial charge on any atom is 0.236 e. The molecular formula is C10H16BrNOS. The molecule has 2 heterocycles. The molecule has 2 rings (SSSR count). The standard InChI is InChI=1S/C10H16BrNOS/c11-9-2-1-5-12(10(9)13)8-3-6-14-7-4-8/h8-9H,1-7H2. The number of carbonyl (C=O) groups is 1. The van der Waals surface area contributed by atoms with Crippen LogP contribution in [0.2, 0.25) is 0 Å². The fraction of sp³-hybridized carbons (Fsp3) is 0.900. The molecule has 0 N–H and O–H groups in total. The summed E-state index contributed by atoms with van der Waals surface area (Å²) in [4.78, 5) is 14.1. The number of hydrogen-bond acceptors (Lipinski definition) is 2. The third-order valence-electron chi connectivity index (χ3n) is 3.04. The quantitative estimate of drug-likeness (QED) is 0.686. The summed E-state index contributed by atoms with van der Waals surface area (Å²) in [5, 5.41) is 0. The molecule has 0 aromatic rings. The van der Waals surface area contributed by atoms with Gasteiger partial charge in [-0.3, -0.25) is 4.79 Å². The van der Waals surface area contributed by atoms with Crippen molar-refractivity contribution < 1.29 is 4.79 Å². The molecule has 2 fully saturated rings. The van der Waals surface area contributed by atoms with Gasteiger partial charge in [-0.2, -0.15) is 11.8 Å². The number of rotatable bonds is 1. The summed E-state index contributed by atoms with van der Waals surface area (Å²) in [6.07, 6.45) is 4.55. The van der Waals surface area contributed by atoms with Crippen molar-refractivity contribution in [3.63, 3.8) is 0 Å². The number of nitrogens with zero attached hydrogens (tertiary/aromatic N) is 1. The lowest BCUT2D eigenvalue weighted by atomic mass is 10.0. The van der Waals surface area contributed by atoms with Gasteiger partial charge in [-0.15, -0.1) is 0 Å². The maximum atomic E-state index is 11.9. The molecule has 4 heteroatoms. The van der Waals surface area contributed by atoms with Gasteiger partial charge in [-0.05, 0) is 37.2 Å². The SMILES string of the molecule is O=C1C(Br)CCCN1C1CCSCC1. The summed E-state index contributed by atoms with van der Waals surface area (Å²) in [6.45, 7) is 0.982. The Hall–Kier alpha value is 0.300. The van der Waals surface area contributed by atoms with Crippen molar-refractivity contribution >= 4 is 33.6 Å². The lowest BCUT2D eigenvalue weighted by molar-refractivity contribution is -0.135. The fourth-order valence-electron chi connectivity index (χ4n) is 2.21. The van der Waals surface area contributed by atoms with Gasteiger partial charge in [-0.1, -0.05) is 15.9 Å². The number of hydrogen-bond donors (Lipinski definition) is 0. The van der Waals surface area contributed by atoms with Gasteiger partial charge in [0.05, 0.1) is 4.83 Å². The highest BCUT2D eigenvalue weighted by Crippen LogP contribution is 2.27. The molecule has 1 amide bonds. The van der Waals surface area contributed by atoms with Crippen LogP contribution >= 0.6 is 27.7 Å². The van der Waals surface area contributed by atoms with E-state index in [1.54, 1.807) is 0 Å². The van der Waals surface area contributed by atoms with Crippen LogP contribution in [-0.2, 0) is 4.79 Å². The highest BCUT2D eigenvalue weighted by molar-refractivity contribution is 9.10. The van der Waals surface area contributed by atoms with Gasteiger partial charge in [0, 0.05) is 12.6 Å². The number of alkyl halides is 1. The Labute approximate surface area is 97.9 Å². The lowest BCUT2D eigenvalue weighted by Crippen LogP contribution is -2.48. The average Bonchev–Trinajstić information content (AvgIpc) is 2.23. The number of carbonyl (C=O) groups excluding carboxylic acids is 1. The minimum Gasteiger partial charge on any atom is -0.339 e. The minimum absolute atomic E-state index is 0.0887. The van der Waals surface area contributed by atoms with Gasteiger partial charge in [0.15, 0.2) is 0 Å². The Morgan fingerprint density at radius 2 is 2.00 bits per heavy atom. The summed E-state index contributed by atoms with van der Waals surface area (Å²) in [7, 11) is 0. The molecule has 80 valence electrons. The summed E-state index contributed by atoms with van der Waals surface area (Å²) in [5.41, 5.74) is 0. The largest absolute Gasteiger partial charge is 0.339 e. The van der Waals surface area contributed by atoms with Crippen molar-refractivity contribution in [2.45, 2.75) is 36.6 Å². The van der Waals surface area contributed by atoms with E-state index < -0.39 is 0 Å². The van der Waals surface area contributed by atoms with Crippen LogP contribution in [0.4, 0.5) is 0 Å². The third kappa shape index (κ3) is 2.27. The second-order valence-corrected chi connectivity index (χ2v) is 6.32. The zero-order chi connectivity index (χ0) is 9.97. The van der Waals surface area contributed by atoms with Gasteiger partial charge in [0.25, 0.3) is 0 Å². The second kappa shape index (κ2) is 4.88. The number of halogens is 1. The first kappa shape index (κ1) is 10.8. The predicted molar refractivity (Wildman–Crippen MR) is 64.0 cm³/mol. The molecule has 2 saturated heterocycles. The van der Waals surface area contributed by atoms with E-state index >= 15 is 0 Å². The predicted octanol–water partition coefficient (Wildman–Crippen LogP) is 2.27. The van der Waals surface area contributed by atoms with E-state index in [1.165, 1.54) is 24.3 Å². The van der Waals surface area contributed by atoms with Crippen LogP contribution in [-0.4, -0.2) is 39.7 Å². The molecule has 14 heavy (non-hydrogen) atoms. The Bertz CT molecular complexity index is 218. The molecule has 2 aliphatic rings. The normalized spacial score (nSPS) is 30.8. The Kier molecular flexibility index (Phi) is 3.77. The van der Waals surface area contributed by atoms with Crippen LogP contribution in [0.5, 0.6) is 0 Å². The molecule has 1 atom stereocenters. The summed E-state index contributed by atoms with van der Waals surface area (Å²) < 4.78 is 0. The molecular weight excluding hydrogens is 262 g/mol. The molecule has 1 unspecified atom stereocenters. The van der Waals surface area contributed by atoms with Crippen LogP contribution in [0.3, 0.4) is 0 Å². The molecule has 0 saturated carbocycles. The highest BCUT2D eigenvalue weighted by atomic mass is 79.9. The first-order chi connectivity index (χ1) is 6.79. The van der Waals surface area contributed by atoms with Gasteiger partial charge in [0.2, 0.25) is 5.91 Å². The highest BCUT2D eigenvalue weighted by Gasteiger charge is 2.32. The van der Waals surface area contributed by atoms with E-state index in [0.29, 0.717) is 11.9 Å². The van der Waals surface area contributed by atoms with E-state index in [2.05, 4.69) is 20.8 Å². The molecule has 2 aliphatic heterocycles. The number of thioether (sulfide) groups is 1. The maximum absolute atomic E-state index is 11.9. The zero-order valence-corrected chi connectivity index (χ0v) is 10.6. The number of piperidine rings is 1. The Morgan fingerprint density at radius 3 is 2.71 bits per heavy atom. The first-order valence-corrected chi connectivity index (χ1v) is 7.38. The van der Waals surface area contributed by atoms with Crippen LogP contribution in [0.15, 0.2) is 0 Å². The van der Waals surface area contributed by atoms with Crippen molar-refractivity contribution in [3.8, 4) is 0 Å². The fourth-order valence-corrected chi connectivity index (χ4v) is 3.88. The average molecular weight is 278 g/mol. The monoisotopic (exact) mass is 277 g/mol. The molecule has 0 bridgehead atoms. The van der Waals surface area contributed by atoms with Crippen LogP contribution < -0.4 is 0 Å². The van der Waals surface area contributed by atoms with E-state index in [-0.39, 0.29) is 4.83 Å². The van der Waals surface area contributed by atoms with Crippen molar-refractivity contribution in [1.29, 1.82) is 0 Å². The smallest absolute Gasteiger partial charge is 0.236 e. The number of likely N-dealkylation sites (tertiary alicyclic amines) is 1. The lowest BCUT2D eigenvalue weighted by Gasteiger charge is -2.38. The van der Waals surface area contributed by atoms with Crippen LogP contribution in [0, 0.1) is 0 Å². The van der Waals surface area contributed by atoms with Gasteiger partial charge in [-0.25, -0.2) is 0 Å². The molecule has 0 aromatic heterocycles. The van der Waals surface area contributed by atoms with Crippen molar-refractivity contribution in [1.82, 2.24) is 4.90 Å². The van der Waals surface area contributed by atoms with Gasteiger partial charge < -0.3 is 4.90 Å². The summed E-state index contributed by atoms with van der Waals surface area (Å²) >= 11 is 5.48. The molecule has 0 spiro atoms. The summed E-state index contributed by atoms with van der Waals surface area (Å²) in [5.74, 6) is 2.77. The van der Waals surface area contributed by atoms with Crippen LogP contribution in [0.1, 0.15) is 25.7 Å². The summed E-state index contributed by atoms with van der Waals surface area (Å²) in [6, 6.07) is 0.532. The molecule has 0 aliphatic carbocycles. The van der Waals surface area contributed by atoms with E-state index in [1.807, 2.05) is 11.8 Å². The first-order valence-electron chi connectivity index (χ1n) is 5.31. The molecule has 2 nitrogen and oxygen atoms in total. The topological polar surface area (TPSA) is 20.3 Å². The molecule has 0 aromatic carbocycles. The second-order valence-electron chi connectivity index (χ2n) is 3.98. The number of amides is 1. The minimum atomic E-state index is 0.0887. The van der Waals surface area contributed by atoms with E-state index in [0.717, 1.165) is 19.4 Å². The van der Waals surface area contributed by atoms with Gasteiger partial charge >= 0.3 is 0 Å².